The van der Waals surface area contributed by atoms with Crippen LogP contribution in [0.25, 0.3) is 0 Å². The first-order chi connectivity index (χ1) is 10.2. The molecule has 4 nitrogen and oxygen atoms in total. The van der Waals surface area contributed by atoms with Gasteiger partial charge in [0.2, 0.25) is 0 Å². The molecule has 1 N–H and O–H groups in total. The Morgan fingerprint density at radius 3 is 2.67 bits per heavy atom. The zero-order chi connectivity index (χ0) is 14.4. The molecule has 2 heterocycles. The summed E-state index contributed by atoms with van der Waals surface area (Å²) >= 11 is 1.94. The molecule has 0 spiro atoms. The number of thiazole rings is 1. The predicted molar refractivity (Wildman–Crippen MR) is 88.3 cm³/mol. The van der Waals surface area contributed by atoms with E-state index in [1.807, 2.05) is 11.3 Å². The lowest BCUT2D eigenvalue weighted by Gasteiger charge is -2.19. The van der Waals surface area contributed by atoms with E-state index in [1.165, 1.54) is 47.8 Å². The average molecular weight is 306 g/mol. The Morgan fingerprint density at radius 2 is 2.05 bits per heavy atom. The van der Waals surface area contributed by atoms with Crippen LogP contribution < -0.4 is 10.2 Å². The molecule has 1 aromatic rings. The van der Waals surface area contributed by atoms with Gasteiger partial charge in [-0.2, -0.15) is 0 Å². The van der Waals surface area contributed by atoms with Crippen LogP contribution in [-0.2, 0) is 6.54 Å². The molecular weight excluding hydrogens is 280 g/mol. The second-order valence-corrected chi connectivity index (χ2v) is 8.15. The monoisotopic (exact) mass is 306 g/mol. The van der Waals surface area contributed by atoms with E-state index < -0.39 is 0 Å². The molecule has 0 aromatic carbocycles. The molecule has 0 bridgehead atoms. The third kappa shape index (κ3) is 3.10. The molecule has 2 saturated carbocycles. The summed E-state index contributed by atoms with van der Waals surface area (Å²) in [6, 6.07) is 1.47. The van der Waals surface area contributed by atoms with E-state index >= 15 is 0 Å². The number of rotatable bonds is 6. The number of hydrogen-bond acceptors (Lipinski definition) is 5. The van der Waals surface area contributed by atoms with Crippen LogP contribution in [0.15, 0.2) is 0 Å². The maximum Gasteiger partial charge on any atom is 0.185 e. The van der Waals surface area contributed by atoms with Gasteiger partial charge in [0.05, 0.1) is 5.69 Å². The van der Waals surface area contributed by atoms with Crippen molar-refractivity contribution in [3.63, 3.8) is 0 Å². The van der Waals surface area contributed by atoms with Crippen molar-refractivity contribution in [2.75, 3.05) is 32.1 Å². The van der Waals surface area contributed by atoms with Crippen molar-refractivity contribution < 1.29 is 0 Å². The lowest BCUT2D eigenvalue weighted by molar-refractivity contribution is 0.315. The standard InChI is InChI=1S/C16H26N4S/c1-19(2)13-7-8-20(10-13)16-18-15(11-3-4-11)14(21-16)9-17-12-5-6-12/h11-13,17H,3-10H2,1-2H3. The Balaban J connectivity index is 1.48. The normalized spacial score (nSPS) is 26.0. The van der Waals surface area contributed by atoms with Gasteiger partial charge >= 0.3 is 0 Å². The van der Waals surface area contributed by atoms with Gasteiger partial charge in [0.1, 0.15) is 0 Å². The Kier molecular flexibility index (Phi) is 3.67. The van der Waals surface area contributed by atoms with Crippen LogP contribution in [0, 0.1) is 0 Å². The molecule has 3 aliphatic rings. The summed E-state index contributed by atoms with van der Waals surface area (Å²) in [6.07, 6.45) is 6.68. The third-order valence-electron chi connectivity index (χ3n) is 4.97. The molecule has 0 radical (unpaired) electrons. The summed E-state index contributed by atoms with van der Waals surface area (Å²) in [4.78, 5) is 11.4. The SMILES string of the molecule is CN(C)C1CCN(c2nc(C3CC3)c(CNC3CC3)s2)C1. The molecule has 1 unspecified atom stereocenters. The van der Waals surface area contributed by atoms with E-state index in [9.17, 15) is 0 Å². The summed E-state index contributed by atoms with van der Waals surface area (Å²) in [7, 11) is 4.38. The van der Waals surface area contributed by atoms with Crippen LogP contribution in [0.5, 0.6) is 0 Å². The van der Waals surface area contributed by atoms with Crippen molar-refractivity contribution in [3.05, 3.63) is 10.6 Å². The van der Waals surface area contributed by atoms with Crippen molar-refractivity contribution >= 4 is 16.5 Å². The van der Waals surface area contributed by atoms with E-state index in [2.05, 4.69) is 29.2 Å². The summed E-state index contributed by atoms with van der Waals surface area (Å²) in [5.74, 6) is 0.762. The second kappa shape index (κ2) is 5.52. The minimum absolute atomic E-state index is 0.686. The lowest BCUT2D eigenvalue weighted by atomic mass is 10.2. The first-order valence-electron chi connectivity index (χ1n) is 8.35. The van der Waals surface area contributed by atoms with Crippen LogP contribution in [0.3, 0.4) is 0 Å². The van der Waals surface area contributed by atoms with Gasteiger partial charge in [-0.3, -0.25) is 0 Å². The van der Waals surface area contributed by atoms with Crippen LogP contribution >= 0.6 is 11.3 Å². The maximum atomic E-state index is 5.03. The Labute approximate surface area is 131 Å². The minimum atomic E-state index is 0.686. The van der Waals surface area contributed by atoms with E-state index in [0.717, 1.165) is 31.6 Å². The summed E-state index contributed by atoms with van der Waals surface area (Å²) in [6.45, 7) is 3.34. The van der Waals surface area contributed by atoms with Crippen LogP contribution in [0.4, 0.5) is 5.13 Å². The summed E-state index contributed by atoms with van der Waals surface area (Å²) < 4.78 is 0. The topological polar surface area (TPSA) is 31.4 Å². The summed E-state index contributed by atoms with van der Waals surface area (Å²) in [5, 5.41) is 4.94. The van der Waals surface area contributed by atoms with E-state index in [0.29, 0.717) is 6.04 Å². The molecule has 116 valence electrons. The summed E-state index contributed by atoms with van der Waals surface area (Å²) in [5.41, 5.74) is 1.41. The lowest BCUT2D eigenvalue weighted by Crippen LogP contribution is -2.31. The average Bonchev–Trinajstić information content (AvgIpc) is 3.38. The van der Waals surface area contributed by atoms with Crippen LogP contribution in [-0.4, -0.2) is 49.2 Å². The fourth-order valence-corrected chi connectivity index (χ4v) is 4.28. The van der Waals surface area contributed by atoms with Gasteiger partial charge in [0, 0.05) is 42.5 Å². The van der Waals surface area contributed by atoms with Crippen molar-refractivity contribution in [1.82, 2.24) is 15.2 Å². The van der Waals surface area contributed by atoms with Crippen molar-refractivity contribution in [2.45, 2.75) is 56.7 Å². The second-order valence-electron chi connectivity index (χ2n) is 7.09. The third-order valence-corrected chi connectivity index (χ3v) is 6.11. The number of aromatic nitrogens is 1. The first kappa shape index (κ1) is 14.0. The molecule has 3 fully saturated rings. The van der Waals surface area contributed by atoms with Gasteiger partial charge in [0.15, 0.2) is 5.13 Å². The quantitative estimate of drug-likeness (QED) is 0.874. The highest BCUT2D eigenvalue weighted by Crippen LogP contribution is 2.44. The van der Waals surface area contributed by atoms with Gasteiger partial charge in [-0.25, -0.2) is 4.98 Å². The molecule has 1 aromatic heterocycles. The Hall–Kier alpha value is -0.650. The molecule has 1 atom stereocenters. The zero-order valence-electron chi connectivity index (χ0n) is 13.1. The largest absolute Gasteiger partial charge is 0.346 e. The van der Waals surface area contributed by atoms with Gasteiger partial charge in [-0.15, -0.1) is 11.3 Å². The van der Waals surface area contributed by atoms with E-state index in [-0.39, 0.29) is 0 Å². The number of nitrogens with zero attached hydrogens (tertiary/aromatic N) is 3. The number of nitrogens with one attached hydrogen (secondary N) is 1. The predicted octanol–water partition coefficient (Wildman–Crippen LogP) is 2.41. The molecule has 5 heteroatoms. The maximum absolute atomic E-state index is 5.03. The Bertz CT molecular complexity index is 504. The molecular formula is C16H26N4S. The smallest absolute Gasteiger partial charge is 0.185 e. The van der Waals surface area contributed by atoms with Crippen LogP contribution in [0.2, 0.25) is 0 Å². The van der Waals surface area contributed by atoms with E-state index in [1.54, 1.807) is 0 Å². The highest BCUT2D eigenvalue weighted by Gasteiger charge is 2.33. The highest BCUT2D eigenvalue weighted by molar-refractivity contribution is 7.15. The van der Waals surface area contributed by atoms with Crippen molar-refractivity contribution in [2.24, 2.45) is 0 Å². The van der Waals surface area contributed by atoms with Crippen molar-refractivity contribution in [3.8, 4) is 0 Å². The Morgan fingerprint density at radius 1 is 1.24 bits per heavy atom. The fraction of sp³-hybridized carbons (Fsp3) is 0.812. The highest BCUT2D eigenvalue weighted by atomic mass is 32.1. The van der Waals surface area contributed by atoms with Gasteiger partial charge in [0.25, 0.3) is 0 Å². The van der Waals surface area contributed by atoms with Crippen molar-refractivity contribution in [1.29, 1.82) is 0 Å². The molecule has 0 amide bonds. The first-order valence-corrected chi connectivity index (χ1v) is 9.16. The number of likely N-dealkylation sites (N-methyl/N-ethyl adjacent to an activating group) is 1. The number of anilines is 1. The number of hydrogen-bond donors (Lipinski definition) is 1. The van der Waals surface area contributed by atoms with E-state index in [4.69, 9.17) is 4.98 Å². The van der Waals surface area contributed by atoms with Crippen LogP contribution in [0.1, 0.15) is 48.6 Å². The van der Waals surface area contributed by atoms with Gasteiger partial charge in [-0.05, 0) is 46.2 Å². The van der Waals surface area contributed by atoms with Gasteiger partial charge in [-0.1, -0.05) is 0 Å². The molecule has 1 saturated heterocycles. The molecule has 21 heavy (non-hydrogen) atoms. The molecule has 2 aliphatic carbocycles. The molecule has 1 aliphatic heterocycles. The fourth-order valence-electron chi connectivity index (χ4n) is 3.15. The minimum Gasteiger partial charge on any atom is -0.346 e. The molecule has 4 rings (SSSR count). The zero-order valence-corrected chi connectivity index (χ0v) is 14.0. The van der Waals surface area contributed by atoms with Gasteiger partial charge < -0.3 is 15.1 Å².